The number of benzene rings is 1. The van der Waals surface area contributed by atoms with Crippen molar-refractivity contribution in [3.05, 3.63) is 30.1 Å². The average Bonchev–Trinajstić information content (AvgIpc) is 3.30. The van der Waals surface area contributed by atoms with E-state index < -0.39 is 5.54 Å². The van der Waals surface area contributed by atoms with Crippen LogP contribution >= 0.6 is 0 Å². The van der Waals surface area contributed by atoms with Gasteiger partial charge < -0.3 is 10.6 Å². The third-order valence-corrected chi connectivity index (χ3v) is 4.28. The Kier molecular flexibility index (Phi) is 4.16. The summed E-state index contributed by atoms with van der Waals surface area (Å²) in [5.41, 5.74) is 1.86. The highest BCUT2D eigenvalue weighted by atomic mass is 16.2. The molecule has 0 aliphatic heterocycles. The number of aromatic nitrogens is 4. The Balaban J connectivity index is 1.64. The number of hydrogen-bond acceptors (Lipinski definition) is 6. The largest absolute Gasteiger partial charge is 0.376 e. The fourth-order valence-electron chi connectivity index (χ4n) is 2.64. The molecule has 3 rings (SSSR count). The Morgan fingerprint density at radius 2 is 2.29 bits per heavy atom. The maximum atomic E-state index is 12.1. The van der Waals surface area contributed by atoms with Crippen LogP contribution in [0.2, 0.25) is 0 Å². The van der Waals surface area contributed by atoms with E-state index in [0.29, 0.717) is 0 Å². The summed E-state index contributed by atoms with van der Waals surface area (Å²) in [6.07, 6.45) is 3.50. The van der Waals surface area contributed by atoms with Crippen LogP contribution in [0.15, 0.2) is 24.5 Å². The number of nitrogens with zero attached hydrogens (tertiary/aromatic N) is 5. The lowest BCUT2D eigenvalue weighted by atomic mass is 9.98. The van der Waals surface area contributed by atoms with Crippen molar-refractivity contribution in [2.24, 2.45) is 5.92 Å². The molecular formula is C16H19N7O. The van der Waals surface area contributed by atoms with Crippen LogP contribution in [0.25, 0.3) is 5.69 Å². The molecule has 124 valence electrons. The molecule has 1 heterocycles. The number of nitriles is 1. The Labute approximate surface area is 139 Å². The Bertz CT molecular complexity index is 776. The molecule has 1 unspecified atom stereocenters. The van der Waals surface area contributed by atoms with Crippen molar-refractivity contribution in [2.75, 3.05) is 11.9 Å². The smallest absolute Gasteiger partial charge is 0.240 e. The molecule has 1 amide bonds. The van der Waals surface area contributed by atoms with Gasteiger partial charge in [0.25, 0.3) is 0 Å². The van der Waals surface area contributed by atoms with Gasteiger partial charge in [-0.25, -0.2) is 4.68 Å². The fourth-order valence-corrected chi connectivity index (χ4v) is 2.64. The third-order valence-electron chi connectivity index (χ3n) is 4.28. The van der Waals surface area contributed by atoms with E-state index in [1.807, 2.05) is 25.1 Å². The lowest BCUT2D eigenvalue weighted by Crippen LogP contribution is -2.48. The van der Waals surface area contributed by atoms with Crippen molar-refractivity contribution in [3.63, 3.8) is 0 Å². The number of carbonyl (C=O) groups excluding carboxylic acids is 1. The minimum Gasteiger partial charge on any atom is -0.376 e. The predicted molar refractivity (Wildman–Crippen MR) is 87.3 cm³/mol. The minimum atomic E-state index is -0.774. The summed E-state index contributed by atoms with van der Waals surface area (Å²) < 4.78 is 1.57. The Hall–Kier alpha value is -2.95. The van der Waals surface area contributed by atoms with E-state index in [4.69, 9.17) is 0 Å². The number of hydrogen-bond donors (Lipinski definition) is 2. The lowest BCUT2D eigenvalue weighted by molar-refractivity contribution is -0.120. The quantitative estimate of drug-likeness (QED) is 0.826. The number of nitrogens with one attached hydrogen (secondary N) is 2. The second-order valence-electron chi connectivity index (χ2n) is 6.25. The summed E-state index contributed by atoms with van der Waals surface area (Å²) in [4.78, 5) is 12.1. The molecule has 8 nitrogen and oxygen atoms in total. The van der Waals surface area contributed by atoms with Crippen molar-refractivity contribution >= 4 is 11.6 Å². The zero-order chi connectivity index (χ0) is 17.2. The standard InChI is InChI=1S/C16H19N7O/c1-11-3-6-13(7-14(11)23-10-19-21-22-23)18-8-15(24)20-16(2,9-17)12-4-5-12/h3,6-7,10,12,18H,4-5,8H2,1-2H3,(H,20,24). The first-order chi connectivity index (χ1) is 11.5. The number of rotatable bonds is 6. The Morgan fingerprint density at radius 1 is 1.50 bits per heavy atom. The highest BCUT2D eigenvalue weighted by molar-refractivity contribution is 5.82. The van der Waals surface area contributed by atoms with E-state index in [1.54, 1.807) is 11.6 Å². The number of aryl methyl sites for hydroxylation is 1. The average molecular weight is 325 g/mol. The molecule has 2 aromatic rings. The van der Waals surface area contributed by atoms with Gasteiger partial charge in [-0.05, 0) is 60.7 Å². The van der Waals surface area contributed by atoms with Gasteiger partial charge in [0.15, 0.2) is 0 Å². The van der Waals surface area contributed by atoms with Crippen molar-refractivity contribution < 1.29 is 4.79 Å². The van der Waals surface area contributed by atoms with Crippen molar-refractivity contribution in [1.82, 2.24) is 25.5 Å². The van der Waals surface area contributed by atoms with Gasteiger partial charge >= 0.3 is 0 Å². The highest BCUT2D eigenvalue weighted by Crippen LogP contribution is 2.39. The molecule has 24 heavy (non-hydrogen) atoms. The maximum absolute atomic E-state index is 12.1. The first-order valence-corrected chi connectivity index (χ1v) is 7.82. The number of amides is 1. The van der Waals surface area contributed by atoms with Crippen LogP contribution in [0.1, 0.15) is 25.3 Å². The van der Waals surface area contributed by atoms with Crippen LogP contribution in [-0.4, -0.2) is 38.2 Å². The van der Waals surface area contributed by atoms with E-state index in [0.717, 1.165) is 29.8 Å². The molecular weight excluding hydrogens is 306 g/mol. The van der Waals surface area contributed by atoms with E-state index >= 15 is 0 Å². The van der Waals surface area contributed by atoms with Gasteiger partial charge in [-0.3, -0.25) is 4.79 Å². The van der Waals surface area contributed by atoms with Crippen LogP contribution in [0.5, 0.6) is 0 Å². The van der Waals surface area contributed by atoms with E-state index in [9.17, 15) is 10.1 Å². The minimum absolute atomic E-state index is 0.0993. The summed E-state index contributed by atoms with van der Waals surface area (Å²) in [5, 5.41) is 26.3. The molecule has 1 aliphatic rings. The zero-order valence-corrected chi connectivity index (χ0v) is 13.7. The lowest BCUT2D eigenvalue weighted by Gasteiger charge is -2.23. The molecule has 1 aromatic carbocycles. The molecule has 1 aliphatic carbocycles. The highest BCUT2D eigenvalue weighted by Gasteiger charge is 2.42. The summed E-state index contributed by atoms with van der Waals surface area (Å²) in [7, 11) is 0. The van der Waals surface area contributed by atoms with Gasteiger partial charge in [0.1, 0.15) is 11.9 Å². The molecule has 0 spiro atoms. The third kappa shape index (κ3) is 3.35. The van der Waals surface area contributed by atoms with Crippen molar-refractivity contribution in [2.45, 2.75) is 32.2 Å². The van der Waals surface area contributed by atoms with Crippen LogP contribution in [0, 0.1) is 24.2 Å². The van der Waals surface area contributed by atoms with Crippen LogP contribution in [0.4, 0.5) is 5.69 Å². The molecule has 1 atom stereocenters. The van der Waals surface area contributed by atoms with Gasteiger partial charge in [0, 0.05) is 5.69 Å². The monoisotopic (exact) mass is 325 g/mol. The zero-order valence-electron chi connectivity index (χ0n) is 13.7. The van der Waals surface area contributed by atoms with Crippen molar-refractivity contribution in [1.29, 1.82) is 5.26 Å². The number of carbonyl (C=O) groups is 1. The topological polar surface area (TPSA) is 109 Å². The molecule has 2 N–H and O–H groups in total. The van der Waals surface area contributed by atoms with Crippen LogP contribution in [0.3, 0.4) is 0 Å². The molecule has 8 heteroatoms. The second kappa shape index (κ2) is 6.28. The first-order valence-electron chi connectivity index (χ1n) is 7.82. The number of anilines is 1. The van der Waals surface area contributed by atoms with E-state index in [2.05, 4.69) is 32.2 Å². The molecule has 1 saturated carbocycles. The SMILES string of the molecule is Cc1ccc(NCC(=O)NC(C)(C#N)C2CC2)cc1-n1cnnn1. The molecule has 0 saturated heterocycles. The molecule has 1 aromatic heterocycles. The van der Waals surface area contributed by atoms with Gasteiger partial charge in [0.2, 0.25) is 5.91 Å². The van der Waals surface area contributed by atoms with Gasteiger partial charge in [-0.15, -0.1) is 5.10 Å². The number of tetrazole rings is 1. The van der Waals surface area contributed by atoms with E-state index in [1.165, 1.54) is 6.33 Å². The molecule has 1 fully saturated rings. The summed E-state index contributed by atoms with van der Waals surface area (Å²) >= 11 is 0. The van der Waals surface area contributed by atoms with Gasteiger partial charge in [0.05, 0.1) is 18.3 Å². The van der Waals surface area contributed by atoms with E-state index in [-0.39, 0.29) is 18.4 Å². The summed E-state index contributed by atoms with van der Waals surface area (Å²) in [5.74, 6) is 0.0627. The first kappa shape index (κ1) is 15.9. The predicted octanol–water partition coefficient (Wildman–Crippen LogP) is 1.19. The molecule has 0 radical (unpaired) electrons. The molecule has 0 bridgehead atoms. The summed E-state index contributed by atoms with van der Waals surface area (Å²) in [6, 6.07) is 7.92. The van der Waals surface area contributed by atoms with Crippen molar-refractivity contribution in [3.8, 4) is 11.8 Å². The second-order valence-corrected chi connectivity index (χ2v) is 6.25. The normalized spacial score (nSPS) is 16.0. The van der Waals surface area contributed by atoms with Gasteiger partial charge in [-0.2, -0.15) is 5.26 Å². The van der Waals surface area contributed by atoms with Crippen LogP contribution < -0.4 is 10.6 Å². The summed E-state index contributed by atoms with van der Waals surface area (Å²) in [6.45, 7) is 3.84. The van der Waals surface area contributed by atoms with Gasteiger partial charge in [-0.1, -0.05) is 6.07 Å². The fraction of sp³-hybridized carbons (Fsp3) is 0.438. The van der Waals surface area contributed by atoms with Crippen LogP contribution in [-0.2, 0) is 4.79 Å². The maximum Gasteiger partial charge on any atom is 0.240 e. The Morgan fingerprint density at radius 3 is 2.92 bits per heavy atom.